The fraction of sp³-hybridized carbons (Fsp3) is 0.647. The zero-order valence-corrected chi connectivity index (χ0v) is 27.8. The molecule has 3 aliphatic carbocycles. The molecule has 1 aliphatic heterocycles. The number of hydrogen-bond donors (Lipinski definition) is 2. The Morgan fingerprint density at radius 1 is 1.24 bits per heavy atom. The summed E-state index contributed by atoms with van der Waals surface area (Å²) in [6, 6.07) is 4.76. The number of ether oxygens (including phenoxy) is 3. The Hall–Kier alpha value is -3.25. The number of fused-ring (bicyclic) bond motifs is 1. The number of rotatable bonds is 5. The van der Waals surface area contributed by atoms with Gasteiger partial charge >= 0.3 is 19.1 Å². The number of nitrogens with zero attached hydrogens (tertiary/aromatic N) is 2. The van der Waals surface area contributed by atoms with Gasteiger partial charge in [0.2, 0.25) is 0 Å². The third kappa shape index (κ3) is 5.55. The van der Waals surface area contributed by atoms with E-state index in [1.165, 1.54) is 12.3 Å². The van der Waals surface area contributed by atoms with Crippen molar-refractivity contribution in [3.05, 3.63) is 36.4 Å². The van der Waals surface area contributed by atoms with Crippen molar-refractivity contribution >= 4 is 36.6 Å². The van der Waals surface area contributed by atoms with Gasteiger partial charge in [-0.05, 0) is 86.9 Å². The summed E-state index contributed by atoms with van der Waals surface area (Å²) in [6.07, 6.45) is 0.463. The maximum Gasteiger partial charge on any atom is 0.478 e. The number of aliphatic hydroxyl groups is 1. The van der Waals surface area contributed by atoms with Gasteiger partial charge in [-0.2, -0.15) is 5.10 Å². The summed E-state index contributed by atoms with van der Waals surface area (Å²) < 4.78 is 32.6. The number of Topliss-reactive ketones (excluding diaryl/α,β-unsaturated/α-hetero) is 1. The van der Waals surface area contributed by atoms with Crippen molar-refractivity contribution < 1.29 is 43.1 Å². The van der Waals surface area contributed by atoms with Crippen LogP contribution >= 0.6 is 0 Å². The summed E-state index contributed by atoms with van der Waals surface area (Å²) in [5, 5.41) is 26.6. The highest BCUT2D eigenvalue weighted by Gasteiger charge is 2.70. The van der Waals surface area contributed by atoms with Crippen molar-refractivity contribution in [1.29, 1.82) is 0 Å². The first-order valence-corrected chi connectivity index (χ1v) is 16.1. The molecule has 0 aromatic heterocycles. The van der Waals surface area contributed by atoms with Crippen molar-refractivity contribution in [3.8, 4) is 5.75 Å². The summed E-state index contributed by atoms with van der Waals surface area (Å²) in [7, 11) is -1.44. The molecule has 250 valence electrons. The fourth-order valence-electron chi connectivity index (χ4n) is 8.54. The zero-order valence-electron chi connectivity index (χ0n) is 27.8. The Balaban J connectivity index is 1.38. The predicted molar refractivity (Wildman–Crippen MR) is 170 cm³/mol. The van der Waals surface area contributed by atoms with E-state index in [2.05, 4.69) is 11.7 Å². The van der Waals surface area contributed by atoms with Crippen LogP contribution in [0.4, 0.5) is 9.18 Å². The molecule has 1 aromatic rings. The number of hydrazone groups is 1. The van der Waals surface area contributed by atoms with Gasteiger partial charge in [-0.1, -0.05) is 39.8 Å². The summed E-state index contributed by atoms with van der Waals surface area (Å²) in [4.78, 5) is 40.4. The Kier molecular flexibility index (Phi) is 8.73. The van der Waals surface area contributed by atoms with Crippen molar-refractivity contribution in [2.45, 2.75) is 98.1 Å². The van der Waals surface area contributed by atoms with E-state index in [-0.39, 0.29) is 30.4 Å². The molecule has 4 aliphatic rings. The molecule has 10 nitrogen and oxygen atoms in total. The predicted octanol–water partition coefficient (Wildman–Crippen LogP) is 4.19. The van der Waals surface area contributed by atoms with E-state index in [1.54, 1.807) is 39.0 Å². The molecule has 3 fully saturated rings. The molecule has 2 N–H and O–H groups in total. The van der Waals surface area contributed by atoms with Gasteiger partial charge in [-0.25, -0.2) is 18.9 Å². The van der Waals surface area contributed by atoms with Gasteiger partial charge in [-0.15, -0.1) is 6.58 Å². The van der Waals surface area contributed by atoms with Crippen LogP contribution in [0.1, 0.15) is 79.7 Å². The molecule has 0 unspecified atom stereocenters. The van der Waals surface area contributed by atoms with Gasteiger partial charge in [0.05, 0.1) is 12.3 Å². The summed E-state index contributed by atoms with van der Waals surface area (Å²) in [5.74, 6) is -2.06. The highest BCUT2D eigenvalue weighted by Crippen LogP contribution is 2.68. The van der Waals surface area contributed by atoms with Gasteiger partial charge in [-0.3, -0.25) is 4.79 Å². The lowest BCUT2D eigenvalue weighted by atomic mass is 9.44. The molecule has 0 radical (unpaired) electrons. The second-order valence-corrected chi connectivity index (χ2v) is 15.2. The number of amides is 1. The Morgan fingerprint density at radius 3 is 2.59 bits per heavy atom. The first-order valence-electron chi connectivity index (χ1n) is 16.1. The van der Waals surface area contributed by atoms with E-state index >= 15 is 4.39 Å². The van der Waals surface area contributed by atoms with Crippen molar-refractivity contribution in [3.63, 3.8) is 0 Å². The van der Waals surface area contributed by atoms with Gasteiger partial charge in [0.1, 0.15) is 17.5 Å². The number of aliphatic hydroxyl groups excluding tert-OH is 1. The second kappa shape index (κ2) is 11.8. The highest BCUT2D eigenvalue weighted by molar-refractivity contribution is 6.67. The van der Waals surface area contributed by atoms with E-state index in [0.717, 1.165) is 4.92 Å². The van der Waals surface area contributed by atoms with Crippen LogP contribution in [0.2, 0.25) is 0 Å². The van der Waals surface area contributed by atoms with Crippen molar-refractivity contribution in [1.82, 2.24) is 4.92 Å². The SMILES string of the molecule is C=C[C@]1(C)C[C@@H](OC(=O)COc2ccc3c(c2)B(O)N(C(=O)OC(C)(C)C)N=C3)[C@]2(C)[C@H](C)CC[C@]3(C[C@H](F)C(=O)[C@H]32)[C@@H](C)[C@@H]1O. The van der Waals surface area contributed by atoms with Gasteiger partial charge in [0.15, 0.2) is 18.6 Å². The lowest BCUT2D eigenvalue weighted by molar-refractivity contribution is -0.207. The molecule has 9 atom stereocenters. The van der Waals surface area contributed by atoms with Gasteiger partial charge < -0.3 is 24.3 Å². The number of ketones is 1. The number of esters is 1. The molecule has 3 saturated carbocycles. The summed E-state index contributed by atoms with van der Waals surface area (Å²) in [5.41, 5.74) is -2.41. The van der Waals surface area contributed by atoms with E-state index in [4.69, 9.17) is 14.2 Å². The monoisotopic (exact) mass is 640 g/mol. The average molecular weight is 641 g/mol. The molecule has 0 spiro atoms. The van der Waals surface area contributed by atoms with Gasteiger partial charge in [0, 0.05) is 16.7 Å². The molecule has 5 rings (SSSR count). The second-order valence-electron chi connectivity index (χ2n) is 15.2. The maximum atomic E-state index is 15.3. The maximum absolute atomic E-state index is 15.3. The third-order valence-electron chi connectivity index (χ3n) is 11.4. The number of hydrogen-bond acceptors (Lipinski definition) is 9. The first kappa shape index (κ1) is 34.1. The molecule has 12 heteroatoms. The fourth-order valence-corrected chi connectivity index (χ4v) is 8.54. The Labute approximate surface area is 270 Å². The number of carbonyl (C=O) groups is 3. The highest BCUT2D eigenvalue weighted by atomic mass is 19.1. The molecule has 0 saturated heterocycles. The molecular formula is C34H46BFN2O8. The normalized spacial score (nSPS) is 37.0. The van der Waals surface area contributed by atoms with Crippen LogP contribution in [-0.2, 0) is 19.1 Å². The van der Waals surface area contributed by atoms with Crippen LogP contribution in [0.25, 0.3) is 0 Å². The minimum Gasteiger partial charge on any atom is -0.482 e. The third-order valence-corrected chi connectivity index (χ3v) is 11.4. The van der Waals surface area contributed by atoms with E-state index in [9.17, 15) is 24.5 Å². The van der Waals surface area contributed by atoms with Crippen LogP contribution in [0.5, 0.6) is 5.75 Å². The molecular weight excluding hydrogens is 594 g/mol. The number of benzene rings is 1. The van der Waals surface area contributed by atoms with Crippen LogP contribution in [0.15, 0.2) is 36.0 Å². The van der Waals surface area contributed by atoms with Crippen molar-refractivity contribution in [2.24, 2.45) is 39.1 Å². The summed E-state index contributed by atoms with van der Waals surface area (Å²) in [6.45, 7) is 16.4. The van der Waals surface area contributed by atoms with E-state index in [1.807, 2.05) is 27.7 Å². The van der Waals surface area contributed by atoms with Crippen LogP contribution < -0.4 is 10.2 Å². The smallest absolute Gasteiger partial charge is 0.478 e. The lowest BCUT2D eigenvalue weighted by Crippen LogP contribution is -2.63. The number of halogens is 1. The zero-order chi connectivity index (χ0) is 34.0. The van der Waals surface area contributed by atoms with Gasteiger partial charge in [0.25, 0.3) is 0 Å². The minimum absolute atomic E-state index is 0.0499. The number of alkyl halides is 1. The summed E-state index contributed by atoms with van der Waals surface area (Å²) >= 11 is 0. The first-order chi connectivity index (χ1) is 21.4. The standard InChI is InChI=1S/C34H46BFN2O8/c1-9-32(7)16-25(33(8)19(2)12-13-34(20(3)29(32)41)15-24(36)27(40)28(33)34)45-26(39)18-44-22-11-10-21-17-37-38(35(43)23(21)14-22)30(42)46-31(4,5)6/h9-11,14,17,19-20,24-25,28-29,41,43H,1,12-13,15-16,18H2,2-8H3/t19-,20+,24+,25-,28+,29+,32-,33+,34+/m1/s1. The molecule has 1 amide bonds. The lowest BCUT2D eigenvalue weighted by Gasteiger charge is -2.61. The number of carbonyl (C=O) groups excluding carboxylic acids is 3. The quantitative estimate of drug-likeness (QED) is 0.278. The van der Waals surface area contributed by atoms with Crippen LogP contribution in [0, 0.1) is 34.0 Å². The Morgan fingerprint density at radius 2 is 1.93 bits per heavy atom. The Bertz CT molecular complexity index is 1450. The topological polar surface area (TPSA) is 135 Å². The largest absolute Gasteiger partial charge is 0.482 e. The van der Waals surface area contributed by atoms with Crippen LogP contribution in [0.3, 0.4) is 0 Å². The van der Waals surface area contributed by atoms with E-state index < -0.39 is 77.6 Å². The molecule has 46 heavy (non-hydrogen) atoms. The van der Waals surface area contributed by atoms with E-state index in [0.29, 0.717) is 23.9 Å². The molecule has 2 bridgehead atoms. The minimum atomic E-state index is -1.63. The van der Waals surface area contributed by atoms with Crippen molar-refractivity contribution in [2.75, 3.05) is 6.61 Å². The molecule has 1 heterocycles. The average Bonchev–Trinajstić information content (AvgIpc) is 3.26. The molecule has 1 aromatic carbocycles. The van der Waals surface area contributed by atoms with Crippen LogP contribution in [-0.4, -0.2) is 76.7 Å².